The fraction of sp³-hybridized carbons (Fsp3) is 0.495. The molecule has 135 heavy (non-hydrogen) atoms. The number of benzene rings is 1. The third-order valence-electron chi connectivity index (χ3n) is 25.0. The number of aromatic nitrogens is 15. The van der Waals surface area contributed by atoms with E-state index in [1.54, 1.807) is 63.1 Å². The van der Waals surface area contributed by atoms with E-state index in [0.29, 0.717) is 132 Å². The van der Waals surface area contributed by atoms with Crippen LogP contribution in [0.25, 0.3) is 68.2 Å². The number of Topliss-reactive ketones (excluding diaryl/α,β-unsaturated/α-hetero) is 5. The quantitative estimate of drug-likeness (QED) is 0.0449. The largest absolute Gasteiger partial charge is 0.477 e. The average molecular weight is 1960 g/mol. The number of hydrogen-bond acceptors (Lipinski definition) is 21. The van der Waals surface area contributed by atoms with Crippen molar-refractivity contribution >= 4 is 68.0 Å². The Morgan fingerprint density at radius 3 is 1.04 bits per heavy atom. The lowest BCUT2D eigenvalue weighted by atomic mass is 9.85. The van der Waals surface area contributed by atoms with Gasteiger partial charge in [-0.2, -0.15) is 10.2 Å². The highest BCUT2D eigenvalue weighted by molar-refractivity contribution is 9.10. The minimum Gasteiger partial charge on any atom is -0.477 e. The maximum Gasteiger partial charge on any atom is 0.252 e. The van der Waals surface area contributed by atoms with Crippen molar-refractivity contribution in [1.29, 1.82) is 0 Å². The van der Waals surface area contributed by atoms with Crippen molar-refractivity contribution in [2.75, 3.05) is 61.0 Å². The number of ether oxygens (including phenoxy) is 6. The van der Waals surface area contributed by atoms with E-state index in [0.717, 1.165) is 71.2 Å². The summed E-state index contributed by atoms with van der Waals surface area (Å²) in [5, 5.41) is 24.1. The molecule has 0 aliphatic carbocycles. The molecular weight excluding hydrogens is 1830 g/mol. The normalized spacial score (nSPS) is 16.1. The van der Waals surface area contributed by atoms with Crippen LogP contribution < -0.4 is 41.4 Å². The molecule has 0 N–H and O–H groups in total. The van der Waals surface area contributed by atoms with Crippen molar-refractivity contribution in [3.05, 3.63) is 203 Å². The first-order valence-corrected chi connectivity index (χ1v) is 47.1. The molecule has 0 spiro atoms. The van der Waals surface area contributed by atoms with Crippen LogP contribution in [0, 0.1) is 27.1 Å². The first kappa shape index (κ1) is 103. The van der Waals surface area contributed by atoms with Gasteiger partial charge in [0.05, 0.1) is 161 Å². The van der Waals surface area contributed by atoms with Crippen LogP contribution in [0.15, 0.2) is 132 Å². The number of carbonyl (C=O) groups excluding carboxylic acids is 5. The summed E-state index contributed by atoms with van der Waals surface area (Å²) in [6, 6.07) is 21.5. The molecule has 5 aliphatic rings. The van der Waals surface area contributed by atoms with Crippen LogP contribution in [0.3, 0.4) is 0 Å². The molecule has 0 fully saturated rings. The van der Waals surface area contributed by atoms with Crippen LogP contribution in [0.5, 0.6) is 17.6 Å². The monoisotopic (exact) mass is 1950 g/mol. The Morgan fingerprint density at radius 2 is 0.674 bits per heavy atom. The number of hydrogen-bond donors (Lipinski definition) is 0. The number of carbonyl (C=O) groups is 5. The van der Waals surface area contributed by atoms with Gasteiger partial charge in [-0.25, -0.2) is 0 Å². The number of pyridine rings is 5. The third kappa shape index (κ3) is 22.1. The maximum atomic E-state index is 12.6. The highest BCUT2D eigenvalue weighted by atomic mass is 79.9. The van der Waals surface area contributed by atoms with E-state index in [4.69, 9.17) is 61.8 Å². The van der Waals surface area contributed by atoms with Gasteiger partial charge in [0.1, 0.15) is 32.3 Å². The van der Waals surface area contributed by atoms with Crippen molar-refractivity contribution < 1.29 is 52.4 Å². The smallest absolute Gasteiger partial charge is 0.252 e. The Bertz CT molecular complexity index is 6500. The molecule has 1 aromatic carbocycles. The fourth-order valence-corrected chi connectivity index (χ4v) is 18.7. The lowest BCUT2D eigenvalue weighted by molar-refractivity contribution is 0.100. The second-order valence-electron chi connectivity index (χ2n) is 40.7. The zero-order valence-electron chi connectivity index (χ0n) is 82.1. The van der Waals surface area contributed by atoms with Crippen LogP contribution in [0.4, 0.5) is 0 Å². The molecular formula is C101H126BrCl2N15O16. The minimum atomic E-state index is -0.320. The SMILES string of the molecule is CC(=O)c1cn2c(cc1=O)-c1c(Cl)c(-c3ccccc3)nn1C[C@H]2C(C)(C)C.CC(=O)c1cn2c(cc1=O)-c1cc(C(C)C)nn1CC2C(C)(C)C.COCCCOc1cc2n(n1)C[C@@H](C(C)(C)C)n1cc(C(C)=O)c(=O)cc1-2.COCCCOc1nn2c(c1Br)-c1cc(=O)c(C(C)=O)cn1[C@H](C(C)(C)C)C2.COCCCOc1nn2c(c1Cl)-c1cc(=O)c(C(C)=O)cn1[C@H](C(C)(C)C)C2. The predicted octanol–water partition coefficient (Wildman–Crippen LogP) is 18.7. The maximum absolute atomic E-state index is 12.6. The summed E-state index contributed by atoms with van der Waals surface area (Å²) in [6.45, 7) is 49.9. The zero-order valence-corrected chi connectivity index (χ0v) is 85.2. The van der Waals surface area contributed by atoms with E-state index < -0.39 is 0 Å². The molecule has 722 valence electrons. The van der Waals surface area contributed by atoms with Crippen LogP contribution in [-0.2, 0) is 46.9 Å². The van der Waals surface area contributed by atoms with Crippen LogP contribution in [-0.4, -0.2) is 162 Å². The molecule has 15 heterocycles. The Kier molecular flexibility index (Phi) is 31.1. The molecule has 0 amide bonds. The van der Waals surface area contributed by atoms with E-state index in [1.165, 1.54) is 58.9 Å². The van der Waals surface area contributed by atoms with Gasteiger partial charge in [0.15, 0.2) is 56.1 Å². The Morgan fingerprint density at radius 1 is 0.370 bits per heavy atom. The van der Waals surface area contributed by atoms with E-state index in [1.807, 2.05) is 73.4 Å². The van der Waals surface area contributed by atoms with Gasteiger partial charge in [-0.05, 0) is 89.6 Å². The Balaban J connectivity index is 0.000000152. The topological polar surface area (TPSA) is 340 Å². The average Bonchev–Trinajstić information content (AvgIpc) is 1.66. The van der Waals surface area contributed by atoms with Crippen LogP contribution in [0.1, 0.15) is 265 Å². The third-order valence-corrected chi connectivity index (χ3v) is 26.4. The lowest BCUT2D eigenvalue weighted by Gasteiger charge is -2.38. The van der Waals surface area contributed by atoms with E-state index in [2.05, 4.69) is 160 Å². The zero-order chi connectivity index (χ0) is 99.1. The van der Waals surface area contributed by atoms with E-state index >= 15 is 0 Å². The summed E-state index contributed by atoms with van der Waals surface area (Å²) in [6.07, 6.45) is 10.7. The summed E-state index contributed by atoms with van der Waals surface area (Å²) in [4.78, 5) is 122. The van der Waals surface area contributed by atoms with Gasteiger partial charge >= 0.3 is 0 Å². The molecule has 16 rings (SSSR count). The van der Waals surface area contributed by atoms with Crippen LogP contribution in [0.2, 0.25) is 10.0 Å². The first-order valence-electron chi connectivity index (χ1n) is 45.5. The van der Waals surface area contributed by atoms with Gasteiger partial charge in [0.25, 0.3) is 5.88 Å². The van der Waals surface area contributed by atoms with Gasteiger partial charge in [-0.1, -0.05) is 171 Å². The second-order valence-corrected chi connectivity index (χ2v) is 42.2. The summed E-state index contributed by atoms with van der Waals surface area (Å²) in [7, 11) is 4.95. The summed E-state index contributed by atoms with van der Waals surface area (Å²) >= 11 is 16.9. The van der Waals surface area contributed by atoms with Gasteiger partial charge < -0.3 is 51.3 Å². The van der Waals surface area contributed by atoms with Crippen molar-refractivity contribution in [2.24, 2.45) is 27.1 Å². The number of ketones is 5. The number of halogens is 3. The molecule has 10 aromatic heterocycles. The molecule has 5 atom stereocenters. The minimum absolute atomic E-state index is 0.00833. The molecule has 0 radical (unpaired) electrons. The van der Waals surface area contributed by atoms with Gasteiger partial charge in [-0.3, -0.25) is 71.4 Å². The summed E-state index contributed by atoms with van der Waals surface area (Å²) < 4.78 is 52.8. The fourth-order valence-electron chi connectivity index (χ4n) is 17.4. The molecule has 34 heteroatoms. The van der Waals surface area contributed by atoms with Crippen molar-refractivity contribution in [1.82, 2.24) is 71.7 Å². The van der Waals surface area contributed by atoms with Crippen molar-refractivity contribution in [3.8, 4) is 85.8 Å². The molecule has 31 nitrogen and oxygen atoms in total. The molecule has 11 aromatic rings. The number of methoxy groups -OCH3 is 3. The van der Waals surface area contributed by atoms with Crippen molar-refractivity contribution in [3.63, 3.8) is 0 Å². The Hall–Kier alpha value is -11.3. The number of rotatable bonds is 22. The molecule has 0 bridgehead atoms. The summed E-state index contributed by atoms with van der Waals surface area (Å²) in [5.41, 5.74) is 9.45. The second kappa shape index (κ2) is 40.9. The van der Waals surface area contributed by atoms with Crippen molar-refractivity contribution in [2.45, 2.75) is 240 Å². The van der Waals surface area contributed by atoms with Crippen LogP contribution >= 0.6 is 39.1 Å². The molecule has 5 aliphatic heterocycles. The molecule has 1 unspecified atom stereocenters. The molecule has 0 saturated carbocycles. The van der Waals surface area contributed by atoms with E-state index in [9.17, 15) is 47.9 Å². The summed E-state index contributed by atoms with van der Waals surface area (Å²) in [5.74, 6) is 0.580. The number of nitrogens with zero attached hydrogens (tertiary/aromatic N) is 15. The molecule has 0 saturated heterocycles. The van der Waals surface area contributed by atoms with Gasteiger partial charge in [0.2, 0.25) is 11.8 Å². The predicted molar refractivity (Wildman–Crippen MR) is 525 cm³/mol. The van der Waals surface area contributed by atoms with Gasteiger partial charge in [0, 0.05) is 133 Å². The first-order chi connectivity index (χ1) is 63.3. The van der Waals surface area contributed by atoms with E-state index in [-0.39, 0.29) is 141 Å². The van der Waals surface area contributed by atoms with Gasteiger partial charge in [-0.15, -0.1) is 15.3 Å². The highest BCUT2D eigenvalue weighted by Crippen LogP contribution is 2.50. The Labute approximate surface area is 804 Å². The standard InChI is InChI=1S/C22H22ClN3O2.C20H26BrN3O4.C20H26ClN3O4.C20H27N3O4.C19H25N3O2/c1-13(27)15-11-25-16(10-17(15)28)21-19(23)20(14-8-6-5-7-9-14)24-26(21)12-18(25)22(2,3)4;2*1-12(25)13-10-23-14(9-15(13)26)18-17(21)19(28-8-6-7-27-5)22-24(18)11-16(23)20(2,3)4;1-13(24)14-11-22-15(9-17(14)25)16-10-19(27-8-6-7-26-5)21-23(16)12-18(22)20(2,3)4;1-11(2)14-7-16-15-8-17(24)13(12(3)23)9-21(15)18(19(4,5)6)10-22(16)20-14/h5-11,18H,12H2,1-4H3;2*9-10,16H,6-8,11H2,1-5H3;9-11,18H,6-8,12H2,1-5H3;7-9,11,18H,10H2,1-6H3/t18-;2*16-;18-;/m0000./s1. The number of fused-ring (bicyclic) bond motifs is 15. The highest BCUT2D eigenvalue weighted by Gasteiger charge is 2.43. The lowest BCUT2D eigenvalue weighted by Crippen LogP contribution is -2.35.